The third-order valence-electron chi connectivity index (χ3n) is 2.00. The second-order valence-corrected chi connectivity index (χ2v) is 4.70. The summed E-state index contributed by atoms with van der Waals surface area (Å²) >= 11 is 4.97. The number of fused-ring (bicyclic) bond motifs is 1. The highest BCUT2D eigenvalue weighted by molar-refractivity contribution is 7.71. The number of aromatic nitrogens is 5. The first kappa shape index (κ1) is 10.0. The van der Waals surface area contributed by atoms with Gasteiger partial charge in [0.2, 0.25) is 4.77 Å². The van der Waals surface area contributed by atoms with Gasteiger partial charge < -0.3 is 0 Å². The zero-order valence-corrected chi connectivity index (χ0v) is 9.47. The molecule has 0 saturated carbocycles. The molecule has 0 aromatic carbocycles. The fraction of sp³-hybridized carbons (Fsp3) is 0.500. The van der Waals surface area contributed by atoms with Crippen molar-refractivity contribution in [2.45, 2.75) is 26.2 Å². The minimum Gasteiger partial charge on any atom is -0.288 e. The van der Waals surface area contributed by atoms with Gasteiger partial charge in [-0.05, 0) is 12.2 Å². The van der Waals surface area contributed by atoms with E-state index in [0.29, 0.717) is 16.2 Å². The molecule has 0 amide bonds. The fourth-order valence-corrected chi connectivity index (χ4v) is 1.44. The predicted molar refractivity (Wildman–Crippen MR) is 57.5 cm³/mol. The third kappa shape index (κ3) is 1.58. The van der Waals surface area contributed by atoms with Crippen LogP contribution in [-0.2, 0) is 5.41 Å². The molecule has 7 heteroatoms. The maximum absolute atomic E-state index is 11.7. The van der Waals surface area contributed by atoms with Crippen LogP contribution >= 0.6 is 12.2 Å². The van der Waals surface area contributed by atoms with Crippen LogP contribution in [-0.4, -0.2) is 24.8 Å². The van der Waals surface area contributed by atoms with E-state index in [0.717, 1.165) is 0 Å². The normalized spacial score (nSPS) is 12.2. The molecule has 80 valence electrons. The molecule has 0 aliphatic heterocycles. The highest BCUT2D eigenvalue weighted by Crippen LogP contribution is 2.15. The highest BCUT2D eigenvalue weighted by atomic mass is 32.1. The lowest BCUT2D eigenvalue weighted by atomic mass is 9.93. The summed E-state index contributed by atoms with van der Waals surface area (Å²) in [6.45, 7) is 5.75. The van der Waals surface area contributed by atoms with Gasteiger partial charge in [-0.1, -0.05) is 20.8 Å². The first-order valence-electron chi connectivity index (χ1n) is 4.48. The van der Waals surface area contributed by atoms with E-state index >= 15 is 0 Å². The van der Waals surface area contributed by atoms with Gasteiger partial charge in [0.05, 0.1) is 0 Å². The zero-order valence-electron chi connectivity index (χ0n) is 8.66. The fourth-order valence-electron chi connectivity index (χ4n) is 1.26. The molecular weight excluding hydrogens is 214 g/mol. The molecule has 2 rings (SSSR count). The molecule has 2 aromatic heterocycles. The Morgan fingerprint density at radius 3 is 2.67 bits per heavy atom. The van der Waals surface area contributed by atoms with Crippen LogP contribution in [0.1, 0.15) is 26.5 Å². The van der Waals surface area contributed by atoms with E-state index < -0.39 is 0 Å². The highest BCUT2D eigenvalue weighted by Gasteiger charge is 2.21. The van der Waals surface area contributed by atoms with Crippen LogP contribution in [0.25, 0.3) is 5.78 Å². The molecular formula is C8H11N5OS. The van der Waals surface area contributed by atoms with Crippen molar-refractivity contribution in [1.82, 2.24) is 24.8 Å². The van der Waals surface area contributed by atoms with Crippen molar-refractivity contribution in [2.75, 3.05) is 0 Å². The summed E-state index contributed by atoms with van der Waals surface area (Å²) in [5, 5.41) is 10.6. The molecule has 0 fully saturated rings. The lowest BCUT2D eigenvalue weighted by Crippen LogP contribution is -2.28. The van der Waals surface area contributed by atoms with E-state index in [-0.39, 0.29) is 11.0 Å². The van der Waals surface area contributed by atoms with Crippen LogP contribution in [0.3, 0.4) is 0 Å². The second-order valence-electron chi connectivity index (χ2n) is 4.32. The van der Waals surface area contributed by atoms with Crippen molar-refractivity contribution in [3.63, 3.8) is 0 Å². The average Bonchev–Trinajstić information content (AvgIpc) is 2.44. The topological polar surface area (TPSA) is 78.8 Å². The van der Waals surface area contributed by atoms with Gasteiger partial charge in [-0.2, -0.15) is 9.61 Å². The number of hydrogen-bond acceptors (Lipinski definition) is 4. The maximum Gasteiger partial charge on any atom is 0.274 e. The summed E-state index contributed by atoms with van der Waals surface area (Å²) < 4.78 is 1.78. The minimum absolute atomic E-state index is 0.232. The number of hydrogen-bond donors (Lipinski definition) is 2. The van der Waals surface area contributed by atoms with Gasteiger partial charge in [0, 0.05) is 5.41 Å². The van der Waals surface area contributed by atoms with Gasteiger partial charge in [-0.25, -0.2) is 5.10 Å². The lowest BCUT2D eigenvalue weighted by molar-refractivity contribution is 0.541. The molecule has 2 N–H and O–H groups in total. The first-order valence-corrected chi connectivity index (χ1v) is 4.88. The van der Waals surface area contributed by atoms with Gasteiger partial charge in [0.25, 0.3) is 11.3 Å². The van der Waals surface area contributed by atoms with Crippen LogP contribution in [0.2, 0.25) is 0 Å². The Bertz CT molecular complexity index is 614. The number of aromatic amines is 2. The molecule has 2 aromatic rings. The largest absolute Gasteiger partial charge is 0.288 e. The van der Waals surface area contributed by atoms with Crippen LogP contribution in [0.15, 0.2) is 4.79 Å². The zero-order chi connectivity index (χ0) is 11.2. The van der Waals surface area contributed by atoms with Crippen molar-refractivity contribution in [3.05, 3.63) is 20.8 Å². The molecule has 0 bridgehead atoms. The molecule has 0 atom stereocenters. The van der Waals surface area contributed by atoms with E-state index in [4.69, 9.17) is 12.2 Å². The van der Waals surface area contributed by atoms with Gasteiger partial charge >= 0.3 is 0 Å². The van der Waals surface area contributed by atoms with Crippen LogP contribution in [0.4, 0.5) is 0 Å². The van der Waals surface area contributed by atoms with Crippen molar-refractivity contribution in [2.24, 2.45) is 0 Å². The van der Waals surface area contributed by atoms with Gasteiger partial charge in [0.15, 0.2) is 0 Å². The summed E-state index contributed by atoms with van der Waals surface area (Å²) in [5.41, 5.74) is -0.120. The standard InChI is InChI=1S/C8H11N5OS/c1-8(2,3)4-5(14)9-6-10-11-7(15)13(6)12-4/h1-3H3,(H,11,15)(H,9,10,14). The van der Waals surface area contributed by atoms with Gasteiger partial charge in [0.1, 0.15) is 5.69 Å². The van der Waals surface area contributed by atoms with E-state index in [1.165, 1.54) is 4.52 Å². The Hall–Kier alpha value is -1.50. The first-order chi connectivity index (χ1) is 6.89. The molecule has 2 heterocycles. The average molecular weight is 225 g/mol. The number of nitrogens with one attached hydrogen (secondary N) is 2. The predicted octanol–water partition coefficient (Wildman–Crippen LogP) is 0.773. The van der Waals surface area contributed by atoms with Crippen molar-refractivity contribution in [3.8, 4) is 0 Å². The van der Waals surface area contributed by atoms with Gasteiger partial charge in [-0.15, -0.1) is 5.10 Å². The summed E-state index contributed by atoms with van der Waals surface area (Å²) in [7, 11) is 0. The van der Waals surface area contributed by atoms with E-state index in [9.17, 15) is 4.79 Å². The van der Waals surface area contributed by atoms with Gasteiger partial charge in [-0.3, -0.25) is 9.78 Å². The summed E-state index contributed by atoms with van der Waals surface area (Å²) in [6, 6.07) is 0. The minimum atomic E-state index is -0.326. The third-order valence-corrected chi connectivity index (χ3v) is 2.27. The quantitative estimate of drug-likeness (QED) is 0.649. The number of H-pyrrole nitrogens is 2. The van der Waals surface area contributed by atoms with E-state index in [1.54, 1.807) is 0 Å². The van der Waals surface area contributed by atoms with Crippen LogP contribution in [0.5, 0.6) is 0 Å². The summed E-state index contributed by atoms with van der Waals surface area (Å²) in [5.74, 6) is 0.331. The number of nitrogens with zero attached hydrogens (tertiary/aromatic N) is 3. The SMILES string of the molecule is CC(C)(C)c1nn2c(=S)[nH]nc2[nH]c1=O. The van der Waals surface area contributed by atoms with Crippen molar-refractivity contribution < 1.29 is 0 Å². The molecule has 0 aliphatic carbocycles. The smallest absolute Gasteiger partial charge is 0.274 e. The maximum atomic E-state index is 11.7. The Morgan fingerprint density at radius 2 is 2.07 bits per heavy atom. The molecule has 0 spiro atoms. The lowest BCUT2D eigenvalue weighted by Gasteiger charge is -2.15. The Kier molecular flexibility index (Phi) is 2.00. The Labute approximate surface area is 90.3 Å². The van der Waals surface area contributed by atoms with Crippen LogP contribution in [0, 0.1) is 4.77 Å². The van der Waals surface area contributed by atoms with Crippen LogP contribution < -0.4 is 5.56 Å². The molecule has 0 unspecified atom stereocenters. The Morgan fingerprint density at radius 1 is 1.40 bits per heavy atom. The van der Waals surface area contributed by atoms with E-state index in [2.05, 4.69) is 20.3 Å². The van der Waals surface area contributed by atoms with Crippen molar-refractivity contribution >= 4 is 18.0 Å². The Balaban J connectivity index is 2.88. The monoisotopic (exact) mass is 225 g/mol. The molecule has 0 saturated heterocycles. The molecule has 6 nitrogen and oxygen atoms in total. The molecule has 0 radical (unpaired) electrons. The van der Waals surface area contributed by atoms with Crippen molar-refractivity contribution in [1.29, 1.82) is 0 Å². The van der Waals surface area contributed by atoms with E-state index in [1.807, 2.05) is 20.8 Å². The molecule has 15 heavy (non-hydrogen) atoms. The summed E-state index contributed by atoms with van der Waals surface area (Å²) in [4.78, 5) is 14.3. The summed E-state index contributed by atoms with van der Waals surface area (Å²) in [6.07, 6.45) is 0. The second kappa shape index (κ2) is 2.99. The molecule has 0 aliphatic rings. The number of rotatable bonds is 0.